The smallest absolute Gasteiger partial charge is 0.417 e. The van der Waals surface area contributed by atoms with Crippen LogP contribution in [0.25, 0.3) is 11.1 Å². The Kier molecular flexibility index (Phi) is 7.83. The van der Waals surface area contributed by atoms with E-state index in [1.54, 1.807) is 50.9 Å². The van der Waals surface area contributed by atoms with Gasteiger partial charge in [-0.2, -0.15) is 13.2 Å². The van der Waals surface area contributed by atoms with E-state index in [9.17, 15) is 22.8 Å². The molecule has 49 heavy (non-hydrogen) atoms. The van der Waals surface area contributed by atoms with E-state index in [4.69, 9.17) is 14.2 Å². The average molecular weight is 686 g/mol. The highest BCUT2D eigenvalue weighted by Crippen LogP contribution is 2.62. The van der Waals surface area contributed by atoms with Crippen LogP contribution in [-0.2, 0) is 33.5 Å². The number of aromatic nitrogens is 1. The summed E-state index contributed by atoms with van der Waals surface area (Å²) in [6, 6.07) is 7.03. The van der Waals surface area contributed by atoms with Crippen LogP contribution in [0.5, 0.6) is 5.88 Å². The summed E-state index contributed by atoms with van der Waals surface area (Å²) in [5.74, 6) is -2.08. The Balaban J connectivity index is 1.04. The van der Waals surface area contributed by atoms with Crippen LogP contribution in [0, 0.1) is 28.9 Å². The lowest BCUT2D eigenvalue weighted by atomic mass is 9.73. The molecule has 2 aliphatic carbocycles. The summed E-state index contributed by atoms with van der Waals surface area (Å²) in [6.45, 7) is 9.14. The third-order valence-corrected chi connectivity index (χ3v) is 9.77. The van der Waals surface area contributed by atoms with Crippen molar-refractivity contribution in [1.29, 1.82) is 0 Å². The van der Waals surface area contributed by atoms with Crippen LogP contribution in [0.15, 0.2) is 42.6 Å². The molecule has 0 radical (unpaired) electrons. The first-order chi connectivity index (χ1) is 23.1. The van der Waals surface area contributed by atoms with Crippen molar-refractivity contribution in [2.75, 3.05) is 37.7 Å². The standard InChI is InChI=1S/C36H36F5N3O5/c1-5-47-32(45)31-24-8-19-10-29(42-13-25(19)30(24)31)48-14-20-9-23(26(12-27(20)37)36(39,40)41)22-7-6-21(11-28(22)38)43-15-35(16-43)17-44(18-35)33(46)49-34(2,3)4/h6-7,9-13,24,30-31H,5,8,14-18H2,1-4H3/t24-,30+,31-/m0/s1. The minimum absolute atomic E-state index is 0.0433. The second-order valence-electron chi connectivity index (χ2n) is 14.5. The van der Waals surface area contributed by atoms with Crippen LogP contribution in [0.3, 0.4) is 0 Å². The molecule has 8 nitrogen and oxygen atoms in total. The predicted octanol–water partition coefficient (Wildman–Crippen LogP) is 7.13. The van der Waals surface area contributed by atoms with E-state index in [2.05, 4.69) is 4.98 Å². The Labute approximate surface area is 280 Å². The third kappa shape index (κ3) is 6.16. The number of likely N-dealkylation sites (tertiary alicyclic amines) is 1. The summed E-state index contributed by atoms with van der Waals surface area (Å²) in [7, 11) is 0. The van der Waals surface area contributed by atoms with Crippen molar-refractivity contribution in [3.63, 3.8) is 0 Å². The summed E-state index contributed by atoms with van der Waals surface area (Å²) in [6.07, 6.45) is -3.08. The molecule has 2 aliphatic heterocycles. The van der Waals surface area contributed by atoms with E-state index in [-0.39, 0.29) is 52.2 Å². The first kappa shape index (κ1) is 33.1. The van der Waals surface area contributed by atoms with E-state index in [1.807, 2.05) is 4.90 Å². The Morgan fingerprint density at radius 3 is 2.37 bits per heavy atom. The Morgan fingerprint density at radius 2 is 1.71 bits per heavy atom. The van der Waals surface area contributed by atoms with E-state index in [1.165, 1.54) is 12.1 Å². The Morgan fingerprint density at radius 1 is 0.980 bits per heavy atom. The number of fused-ring (bicyclic) bond motifs is 3. The van der Waals surface area contributed by atoms with Gasteiger partial charge < -0.3 is 24.0 Å². The summed E-state index contributed by atoms with van der Waals surface area (Å²) >= 11 is 0. The van der Waals surface area contributed by atoms with Crippen molar-refractivity contribution in [2.24, 2.45) is 17.3 Å². The number of halogens is 5. The third-order valence-electron chi connectivity index (χ3n) is 9.77. The molecule has 1 amide bonds. The van der Waals surface area contributed by atoms with Crippen LogP contribution in [0.4, 0.5) is 32.4 Å². The first-order valence-corrected chi connectivity index (χ1v) is 16.3. The maximum absolute atomic E-state index is 15.6. The maximum atomic E-state index is 15.6. The molecule has 1 aromatic heterocycles. The Hall–Kier alpha value is -4.42. The number of alkyl halides is 3. The fraction of sp³-hybridized carbons (Fsp3) is 0.472. The molecule has 2 saturated heterocycles. The predicted molar refractivity (Wildman–Crippen MR) is 168 cm³/mol. The fourth-order valence-electron chi connectivity index (χ4n) is 7.53. The average Bonchev–Trinajstić information content (AvgIpc) is 3.55. The van der Waals surface area contributed by atoms with Crippen LogP contribution in [0.2, 0.25) is 0 Å². The van der Waals surface area contributed by atoms with Crippen LogP contribution in [-0.4, -0.2) is 60.3 Å². The van der Waals surface area contributed by atoms with Crippen molar-refractivity contribution < 1.29 is 45.8 Å². The molecule has 3 atom stereocenters. The fourth-order valence-corrected chi connectivity index (χ4v) is 7.53. The van der Waals surface area contributed by atoms with Gasteiger partial charge in [0.25, 0.3) is 0 Å². The van der Waals surface area contributed by atoms with Gasteiger partial charge in [0.15, 0.2) is 0 Å². The number of rotatable bonds is 7. The highest BCUT2D eigenvalue weighted by atomic mass is 19.4. The van der Waals surface area contributed by atoms with E-state index in [0.717, 1.165) is 17.2 Å². The number of esters is 1. The number of hydrogen-bond donors (Lipinski definition) is 0. The van der Waals surface area contributed by atoms with Crippen LogP contribution >= 0.6 is 0 Å². The lowest BCUT2D eigenvalue weighted by Crippen LogP contribution is -2.73. The number of hydrogen-bond acceptors (Lipinski definition) is 7. The lowest BCUT2D eigenvalue weighted by Gasteiger charge is -2.60. The van der Waals surface area contributed by atoms with Crippen molar-refractivity contribution in [3.8, 4) is 17.0 Å². The molecule has 2 aromatic carbocycles. The van der Waals surface area contributed by atoms with Gasteiger partial charge in [0.1, 0.15) is 23.8 Å². The molecule has 0 bridgehead atoms. The number of amides is 1. The van der Waals surface area contributed by atoms with Crippen LogP contribution < -0.4 is 9.64 Å². The number of pyridine rings is 1. The molecule has 3 aromatic rings. The number of anilines is 1. The molecule has 260 valence electrons. The summed E-state index contributed by atoms with van der Waals surface area (Å²) < 4.78 is 89.2. The molecule has 4 aliphatic rings. The van der Waals surface area contributed by atoms with Gasteiger partial charge in [-0.15, -0.1) is 0 Å². The van der Waals surface area contributed by atoms with Crippen molar-refractivity contribution >= 4 is 17.7 Å². The molecule has 7 rings (SSSR count). The highest BCUT2D eigenvalue weighted by Gasteiger charge is 2.60. The SMILES string of the molecule is CCOC(=O)[C@H]1[C@H]2Cc3cc(OCc4cc(-c5ccc(N6CC7(CN(C(=O)OC(C)(C)C)C7)C6)cc5F)c(C(F)(F)F)cc4F)ncc3[C@@H]21. The zero-order chi connectivity index (χ0) is 35.0. The van der Waals surface area contributed by atoms with E-state index < -0.39 is 41.1 Å². The van der Waals surface area contributed by atoms with Gasteiger partial charge in [0.05, 0.1) is 18.1 Å². The molecule has 1 saturated carbocycles. The second-order valence-corrected chi connectivity index (χ2v) is 14.5. The van der Waals surface area contributed by atoms with Crippen molar-refractivity contribution in [1.82, 2.24) is 9.88 Å². The second kappa shape index (κ2) is 11.6. The minimum atomic E-state index is -4.95. The minimum Gasteiger partial charge on any atom is -0.473 e. The van der Waals surface area contributed by atoms with E-state index in [0.29, 0.717) is 51.0 Å². The number of carbonyl (C=O) groups excluding carboxylic acids is 2. The van der Waals surface area contributed by atoms with Gasteiger partial charge >= 0.3 is 18.2 Å². The van der Waals surface area contributed by atoms with Crippen LogP contribution in [0.1, 0.15) is 55.9 Å². The molecule has 1 spiro atoms. The number of benzene rings is 2. The molecule has 3 heterocycles. The number of ether oxygens (including phenoxy) is 3. The van der Waals surface area contributed by atoms with Gasteiger partial charge in [-0.3, -0.25) is 4.79 Å². The largest absolute Gasteiger partial charge is 0.473 e. The van der Waals surface area contributed by atoms with Gasteiger partial charge in [-0.25, -0.2) is 18.6 Å². The number of carbonyl (C=O) groups is 2. The lowest BCUT2D eigenvalue weighted by molar-refractivity contribution is -0.145. The van der Waals surface area contributed by atoms with Gasteiger partial charge in [-0.05, 0) is 87.1 Å². The molecule has 0 unspecified atom stereocenters. The summed E-state index contributed by atoms with van der Waals surface area (Å²) in [5.41, 5.74) is -0.684. The van der Waals surface area contributed by atoms with Gasteiger partial charge in [-0.1, -0.05) is 0 Å². The zero-order valence-corrected chi connectivity index (χ0v) is 27.5. The monoisotopic (exact) mass is 685 g/mol. The quantitative estimate of drug-likeness (QED) is 0.193. The number of nitrogens with zero attached hydrogens (tertiary/aromatic N) is 3. The van der Waals surface area contributed by atoms with Crippen molar-refractivity contribution in [3.05, 3.63) is 76.5 Å². The van der Waals surface area contributed by atoms with Gasteiger partial charge in [0, 0.05) is 66.6 Å². The summed E-state index contributed by atoms with van der Waals surface area (Å²) in [5, 5.41) is 0. The first-order valence-electron chi connectivity index (χ1n) is 16.3. The topological polar surface area (TPSA) is 81.2 Å². The normalized spacial score (nSPS) is 21.8. The van der Waals surface area contributed by atoms with E-state index >= 15 is 8.78 Å². The summed E-state index contributed by atoms with van der Waals surface area (Å²) in [4.78, 5) is 32.3. The molecule has 13 heteroatoms. The Bertz CT molecular complexity index is 1830. The zero-order valence-electron chi connectivity index (χ0n) is 27.5. The maximum Gasteiger partial charge on any atom is 0.417 e. The molecule has 3 fully saturated rings. The van der Waals surface area contributed by atoms with Crippen molar-refractivity contribution in [2.45, 2.75) is 58.4 Å². The molecule has 0 N–H and O–H groups in total. The molecular weight excluding hydrogens is 649 g/mol. The highest BCUT2D eigenvalue weighted by molar-refractivity contribution is 5.79. The van der Waals surface area contributed by atoms with Gasteiger partial charge in [0.2, 0.25) is 5.88 Å². The molecular formula is C36H36F5N3O5.